The maximum atomic E-state index is 12.3. The van der Waals surface area contributed by atoms with Gasteiger partial charge in [-0.3, -0.25) is 9.59 Å². The number of unbranched alkanes of at least 4 members (excludes halogenated alkanes) is 4. The number of para-hydroxylation sites is 1. The summed E-state index contributed by atoms with van der Waals surface area (Å²) in [7, 11) is 1.42. The molecule has 0 fully saturated rings. The van der Waals surface area contributed by atoms with Crippen LogP contribution < -0.4 is 4.90 Å². The van der Waals surface area contributed by atoms with Gasteiger partial charge in [0.2, 0.25) is 5.91 Å². The summed E-state index contributed by atoms with van der Waals surface area (Å²) >= 11 is 0. The van der Waals surface area contributed by atoms with E-state index >= 15 is 0 Å². The number of fused-ring (bicyclic) bond motifs is 1. The molecular weight excluding hydrogens is 278 g/mol. The van der Waals surface area contributed by atoms with E-state index in [-0.39, 0.29) is 11.9 Å². The third kappa shape index (κ3) is 4.58. The average Bonchev–Trinajstić information content (AvgIpc) is 2.97. The largest absolute Gasteiger partial charge is 0.469 e. The molecule has 0 saturated carbocycles. The standard InChI is InChI=1S/C18H25NO3/c1-22-18(21)12-6-4-2-3-5-11-17(20)19-14-13-15-9-7-8-10-16(15)19/h7-10H,2-6,11-14H2,1H3. The Morgan fingerprint density at radius 3 is 2.50 bits per heavy atom. The Morgan fingerprint density at radius 2 is 1.73 bits per heavy atom. The number of carbonyl (C=O) groups is 2. The number of amides is 1. The Bertz CT molecular complexity index is 513. The van der Waals surface area contributed by atoms with Crippen LogP contribution in [0.25, 0.3) is 0 Å². The van der Waals surface area contributed by atoms with Crippen LogP contribution in [-0.2, 0) is 20.7 Å². The van der Waals surface area contributed by atoms with Gasteiger partial charge in [-0.2, -0.15) is 0 Å². The smallest absolute Gasteiger partial charge is 0.305 e. The summed E-state index contributed by atoms with van der Waals surface area (Å²) in [6.45, 7) is 0.817. The topological polar surface area (TPSA) is 46.6 Å². The lowest BCUT2D eigenvalue weighted by Gasteiger charge is -2.17. The van der Waals surface area contributed by atoms with Gasteiger partial charge in [0.1, 0.15) is 0 Å². The van der Waals surface area contributed by atoms with Crippen molar-refractivity contribution in [2.75, 3.05) is 18.6 Å². The number of anilines is 1. The molecule has 0 radical (unpaired) electrons. The van der Waals surface area contributed by atoms with Gasteiger partial charge in [0.05, 0.1) is 7.11 Å². The SMILES string of the molecule is COC(=O)CCCCCCCC(=O)N1CCc2ccccc21. The molecule has 0 saturated heterocycles. The summed E-state index contributed by atoms with van der Waals surface area (Å²) < 4.78 is 4.61. The van der Waals surface area contributed by atoms with Crippen molar-refractivity contribution in [1.29, 1.82) is 0 Å². The van der Waals surface area contributed by atoms with E-state index in [1.807, 2.05) is 23.1 Å². The van der Waals surface area contributed by atoms with Gasteiger partial charge >= 0.3 is 5.97 Å². The molecule has 0 N–H and O–H groups in total. The van der Waals surface area contributed by atoms with Crippen molar-refractivity contribution < 1.29 is 14.3 Å². The van der Waals surface area contributed by atoms with E-state index in [9.17, 15) is 9.59 Å². The molecular formula is C18H25NO3. The summed E-state index contributed by atoms with van der Waals surface area (Å²) in [4.78, 5) is 25.2. The number of ether oxygens (including phenoxy) is 1. The summed E-state index contributed by atoms with van der Waals surface area (Å²) in [6.07, 6.45) is 7.02. The molecule has 0 unspecified atom stereocenters. The lowest BCUT2D eigenvalue weighted by Crippen LogP contribution is -2.28. The molecule has 2 rings (SSSR count). The fourth-order valence-corrected chi connectivity index (χ4v) is 2.91. The number of benzene rings is 1. The molecule has 1 aromatic rings. The van der Waals surface area contributed by atoms with E-state index in [0.717, 1.165) is 50.8 Å². The first kappa shape index (κ1) is 16.5. The number of methoxy groups -OCH3 is 1. The van der Waals surface area contributed by atoms with Gasteiger partial charge in [-0.05, 0) is 30.9 Å². The second-order valence-corrected chi connectivity index (χ2v) is 5.77. The zero-order valence-electron chi connectivity index (χ0n) is 13.3. The highest BCUT2D eigenvalue weighted by molar-refractivity contribution is 5.95. The number of hydrogen-bond donors (Lipinski definition) is 0. The van der Waals surface area contributed by atoms with Crippen LogP contribution in [0.3, 0.4) is 0 Å². The maximum Gasteiger partial charge on any atom is 0.305 e. The van der Waals surface area contributed by atoms with Crippen molar-refractivity contribution in [3.05, 3.63) is 29.8 Å². The first-order valence-electron chi connectivity index (χ1n) is 8.17. The fourth-order valence-electron chi connectivity index (χ4n) is 2.91. The van der Waals surface area contributed by atoms with Crippen LogP contribution >= 0.6 is 0 Å². The lowest BCUT2D eigenvalue weighted by atomic mass is 10.1. The molecule has 1 amide bonds. The van der Waals surface area contributed by atoms with Crippen LogP contribution in [0, 0.1) is 0 Å². The van der Waals surface area contributed by atoms with Gasteiger partial charge in [0.25, 0.3) is 0 Å². The van der Waals surface area contributed by atoms with Crippen LogP contribution in [-0.4, -0.2) is 25.5 Å². The Balaban J connectivity index is 1.60. The zero-order chi connectivity index (χ0) is 15.8. The molecule has 0 aromatic heterocycles. The van der Waals surface area contributed by atoms with E-state index in [1.165, 1.54) is 12.7 Å². The van der Waals surface area contributed by atoms with E-state index in [2.05, 4.69) is 10.8 Å². The third-order valence-corrected chi connectivity index (χ3v) is 4.19. The van der Waals surface area contributed by atoms with Crippen LogP contribution in [0.4, 0.5) is 5.69 Å². The number of rotatable bonds is 8. The second-order valence-electron chi connectivity index (χ2n) is 5.77. The van der Waals surface area contributed by atoms with Crippen molar-refractivity contribution in [3.8, 4) is 0 Å². The third-order valence-electron chi connectivity index (χ3n) is 4.19. The molecule has 4 heteroatoms. The van der Waals surface area contributed by atoms with Gasteiger partial charge in [0.15, 0.2) is 0 Å². The maximum absolute atomic E-state index is 12.3. The molecule has 0 aliphatic carbocycles. The monoisotopic (exact) mass is 303 g/mol. The van der Waals surface area contributed by atoms with Crippen molar-refractivity contribution in [1.82, 2.24) is 0 Å². The van der Waals surface area contributed by atoms with E-state index in [0.29, 0.717) is 12.8 Å². The number of esters is 1. The predicted octanol–water partition coefficient (Wildman–Crippen LogP) is 3.48. The normalized spacial score (nSPS) is 13.0. The van der Waals surface area contributed by atoms with Gasteiger partial charge in [-0.25, -0.2) is 0 Å². The number of nitrogens with zero attached hydrogens (tertiary/aromatic N) is 1. The minimum atomic E-state index is -0.136. The van der Waals surface area contributed by atoms with E-state index in [4.69, 9.17) is 0 Å². The highest BCUT2D eigenvalue weighted by atomic mass is 16.5. The minimum Gasteiger partial charge on any atom is -0.469 e. The molecule has 0 bridgehead atoms. The summed E-state index contributed by atoms with van der Waals surface area (Å²) in [5.41, 5.74) is 2.37. The highest BCUT2D eigenvalue weighted by Crippen LogP contribution is 2.28. The highest BCUT2D eigenvalue weighted by Gasteiger charge is 2.23. The number of carbonyl (C=O) groups excluding carboxylic acids is 2. The van der Waals surface area contributed by atoms with E-state index < -0.39 is 0 Å². The molecule has 120 valence electrons. The Labute approximate surface area is 132 Å². The van der Waals surface area contributed by atoms with Gasteiger partial charge in [-0.1, -0.05) is 37.5 Å². The Morgan fingerprint density at radius 1 is 1.05 bits per heavy atom. The molecule has 22 heavy (non-hydrogen) atoms. The fraction of sp³-hybridized carbons (Fsp3) is 0.556. The molecule has 4 nitrogen and oxygen atoms in total. The second kappa shape index (κ2) is 8.57. The van der Waals surface area contributed by atoms with Gasteiger partial charge in [-0.15, -0.1) is 0 Å². The van der Waals surface area contributed by atoms with Gasteiger partial charge < -0.3 is 9.64 Å². The van der Waals surface area contributed by atoms with Gasteiger partial charge in [0, 0.05) is 25.1 Å². The van der Waals surface area contributed by atoms with E-state index in [1.54, 1.807) is 0 Å². The quantitative estimate of drug-likeness (QED) is 0.545. The van der Waals surface area contributed by atoms with Crippen molar-refractivity contribution in [2.24, 2.45) is 0 Å². The molecule has 1 heterocycles. The van der Waals surface area contributed by atoms with Crippen LogP contribution in [0.15, 0.2) is 24.3 Å². The van der Waals surface area contributed by atoms with Crippen molar-refractivity contribution >= 4 is 17.6 Å². The average molecular weight is 303 g/mol. The Kier molecular flexibility index (Phi) is 6.44. The summed E-state index contributed by atoms with van der Waals surface area (Å²) in [6, 6.07) is 8.16. The summed E-state index contributed by atoms with van der Waals surface area (Å²) in [5.74, 6) is 0.0994. The van der Waals surface area contributed by atoms with Crippen LogP contribution in [0.2, 0.25) is 0 Å². The first-order chi connectivity index (χ1) is 10.7. The van der Waals surface area contributed by atoms with Crippen LogP contribution in [0.1, 0.15) is 50.5 Å². The molecule has 1 aliphatic heterocycles. The molecule has 1 aromatic carbocycles. The molecule has 1 aliphatic rings. The first-order valence-corrected chi connectivity index (χ1v) is 8.17. The predicted molar refractivity (Wildman–Crippen MR) is 86.8 cm³/mol. The number of hydrogen-bond acceptors (Lipinski definition) is 3. The molecule has 0 spiro atoms. The summed E-state index contributed by atoms with van der Waals surface area (Å²) in [5, 5.41) is 0. The lowest BCUT2D eigenvalue weighted by molar-refractivity contribution is -0.140. The molecule has 0 atom stereocenters. The Hall–Kier alpha value is -1.84. The van der Waals surface area contributed by atoms with Crippen molar-refractivity contribution in [2.45, 2.75) is 51.4 Å². The van der Waals surface area contributed by atoms with Crippen LogP contribution in [0.5, 0.6) is 0 Å². The zero-order valence-corrected chi connectivity index (χ0v) is 13.3. The minimum absolute atomic E-state index is 0.136. The van der Waals surface area contributed by atoms with Crippen molar-refractivity contribution in [3.63, 3.8) is 0 Å².